The lowest BCUT2D eigenvalue weighted by atomic mass is 10.1. The first-order valence-electron chi connectivity index (χ1n) is 6.38. The highest BCUT2D eigenvalue weighted by molar-refractivity contribution is 5.38. The lowest BCUT2D eigenvalue weighted by Crippen LogP contribution is -2.14. The quantitative estimate of drug-likeness (QED) is 0.758. The SMILES string of the molecule is Cc1cccc(CNc2nc3nc(C)cc(=O)n3[nH]2)c1. The Bertz CT molecular complexity index is 818. The van der Waals surface area contributed by atoms with Gasteiger partial charge in [-0.3, -0.25) is 9.89 Å². The summed E-state index contributed by atoms with van der Waals surface area (Å²) in [5.41, 5.74) is 2.86. The number of hydrogen-bond acceptors (Lipinski definition) is 4. The van der Waals surface area contributed by atoms with Crippen molar-refractivity contribution in [3.05, 3.63) is 57.5 Å². The van der Waals surface area contributed by atoms with Crippen molar-refractivity contribution in [1.82, 2.24) is 19.6 Å². The molecule has 0 bridgehead atoms. The van der Waals surface area contributed by atoms with E-state index in [0.29, 0.717) is 24.0 Å². The third-order valence-electron chi connectivity index (χ3n) is 3.00. The molecule has 0 fully saturated rings. The number of H-pyrrole nitrogens is 1. The van der Waals surface area contributed by atoms with Crippen LogP contribution in [0.4, 0.5) is 5.95 Å². The monoisotopic (exact) mass is 269 g/mol. The van der Waals surface area contributed by atoms with E-state index in [2.05, 4.69) is 39.4 Å². The minimum Gasteiger partial charge on any atom is -0.351 e. The van der Waals surface area contributed by atoms with Gasteiger partial charge in [0.2, 0.25) is 5.95 Å². The topological polar surface area (TPSA) is 75.1 Å². The Morgan fingerprint density at radius 1 is 1.25 bits per heavy atom. The molecule has 3 aromatic rings. The molecule has 0 aliphatic rings. The molecule has 0 amide bonds. The molecule has 1 aromatic carbocycles. The summed E-state index contributed by atoms with van der Waals surface area (Å²) in [6.45, 7) is 4.46. The Morgan fingerprint density at radius 2 is 2.10 bits per heavy atom. The van der Waals surface area contributed by atoms with Crippen LogP contribution in [0.15, 0.2) is 35.1 Å². The van der Waals surface area contributed by atoms with Crippen LogP contribution in [0.5, 0.6) is 0 Å². The zero-order valence-electron chi connectivity index (χ0n) is 11.3. The molecule has 2 heterocycles. The molecule has 0 aliphatic heterocycles. The molecule has 3 rings (SSSR count). The molecule has 0 spiro atoms. The van der Waals surface area contributed by atoms with Gasteiger partial charge in [-0.1, -0.05) is 29.8 Å². The third-order valence-corrected chi connectivity index (χ3v) is 3.00. The highest BCUT2D eigenvalue weighted by atomic mass is 16.1. The van der Waals surface area contributed by atoms with Gasteiger partial charge in [-0.15, -0.1) is 0 Å². The van der Waals surface area contributed by atoms with Crippen molar-refractivity contribution in [3.63, 3.8) is 0 Å². The average Bonchev–Trinajstić information content (AvgIpc) is 2.80. The van der Waals surface area contributed by atoms with Crippen molar-refractivity contribution in [3.8, 4) is 0 Å². The van der Waals surface area contributed by atoms with E-state index in [4.69, 9.17) is 0 Å². The number of anilines is 1. The van der Waals surface area contributed by atoms with Gasteiger partial charge in [-0.05, 0) is 19.4 Å². The highest BCUT2D eigenvalue weighted by Crippen LogP contribution is 2.07. The average molecular weight is 269 g/mol. The number of nitrogens with one attached hydrogen (secondary N) is 2. The van der Waals surface area contributed by atoms with Gasteiger partial charge in [0.15, 0.2) is 0 Å². The maximum atomic E-state index is 11.8. The van der Waals surface area contributed by atoms with E-state index in [0.717, 1.165) is 5.56 Å². The Kier molecular flexibility index (Phi) is 2.98. The summed E-state index contributed by atoms with van der Waals surface area (Å²) >= 11 is 0. The summed E-state index contributed by atoms with van der Waals surface area (Å²) in [6.07, 6.45) is 0. The normalized spacial score (nSPS) is 10.9. The van der Waals surface area contributed by atoms with Crippen LogP contribution >= 0.6 is 0 Å². The van der Waals surface area contributed by atoms with Gasteiger partial charge in [0.05, 0.1) is 0 Å². The van der Waals surface area contributed by atoms with Crippen LogP contribution in [0.3, 0.4) is 0 Å². The fourth-order valence-electron chi connectivity index (χ4n) is 2.08. The maximum absolute atomic E-state index is 11.8. The second kappa shape index (κ2) is 4.80. The van der Waals surface area contributed by atoms with Gasteiger partial charge < -0.3 is 5.32 Å². The summed E-state index contributed by atoms with van der Waals surface area (Å²) in [6, 6.07) is 9.67. The second-order valence-electron chi connectivity index (χ2n) is 4.79. The molecule has 6 heteroatoms. The molecule has 2 aromatic heterocycles. The van der Waals surface area contributed by atoms with Gasteiger partial charge in [0, 0.05) is 18.3 Å². The number of nitrogens with zero attached hydrogens (tertiary/aromatic N) is 3. The highest BCUT2D eigenvalue weighted by Gasteiger charge is 2.05. The van der Waals surface area contributed by atoms with E-state index in [1.165, 1.54) is 16.1 Å². The number of hydrogen-bond donors (Lipinski definition) is 2. The molecular weight excluding hydrogens is 254 g/mol. The Balaban J connectivity index is 1.85. The van der Waals surface area contributed by atoms with Crippen molar-refractivity contribution in [2.45, 2.75) is 20.4 Å². The number of rotatable bonds is 3. The van der Waals surface area contributed by atoms with Crippen LogP contribution in [0.1, 0.15) is 16.8 Å². The predicted octanol–water partition coefficient (Wildman–Crippen LogP) is 1.65. The van der Waals surface area contributed by atoms with Crippen molar-refractivity contribution >= 4 is 11.7 Å². The minimum absolute atomic E-state index is 0.163. The van der Waals surface area contributed by atoms with E-state index in [1.54, 1.807) is 6.92 Å². The first kappa shape index (κ1) is 12.4. The lowest BCUT2D eigenvalue weighted by molar-refractivity contribution is 0.886. The molecule has 20 heavy (non-hydrogen) atoms. The van der Waals surface area contributed by atoms with Crippen molar-refractivity contribution < 1.29 is 0 Å². The second-order valence-corrected chi connectivity index (χ2v) is 4.79. The summed E-state index contributed by atoms with van der Waals surface area (Å²) in [4.78, 5) is 20.2. The number of aromatic amines is 1. The van der Waals surface area contributed by atoms with Gasteiger partial charge in [-0.25, -0.2) is 4.98 Å². The van der Waals surface area contributed by atoms with Gasteiger partial charge in [0.1, 0.15) is 0 Å². The van der Waals surface area contributed by atoms with Crippen LogP contribution in [0.2, 0.25) is 0 Å². The standard InChI is InChI=1S/C14H15N5O/c1-9-4-3-5-11(6-9)8-15-13-17-14-16-10(2)7-12(20)19(14)18-13/h3-7H,8H2,1-2H3,(H2,15,16,17,18). The van der Waals surface area contributed by atoms with Crippen LogP contribution in [0.25, 0.3) is 5.78 Å². The Hall–Kier alpha value is -2.63. The van der Waals surface area contributed by atoms with Gasteiger partial charge in [-0.2, -0.15) is 9.50 Å². The van der Waals surface area contributed by atoms with Crippen LogP contribution in [-0.2, 0) is 6.54 Å². The molecule has 0 unspecified atom stereocenters. The van der Waals surface area contributed by atoms with E-state index >= 15 is 0 Å². The summed E-state index contributed by atoms with van der Waals surface area (Å²) in [7, 11) is 0. The predicted molar refractivity (Wildman–Crippen MR) is 76.9 cm³/mol. The Labute approximate surface area is 115 Å². The van der Waals surface area contributed by atoms with Gasteiger partial charge in [0.25, 0.3) is 11.3 Å². The van der Waals surface area contributed by atoms with Crippen molar-refractivity contribution in [2.75, 3.05) is 5.32 Å². The lowest BCUT2D eigenvalue weighted by Gasteiger charge is -2.03. The maximum Gasteiger partial charge on any atom is 0.274 e. The molecule has 0 saturated heterocycles. The largest absolute Gasteiger partial charge is 0.351 e. The number of benzene rings is 1. The first-order valence-corrected chi connectivity index (χ1v) is 6.38. The Morgan fingerprint density at radius 3 is 2.90 bits per heavy atom. The molecule has 0 aliphatic carbocycles. The van der Waals surface area contributed by atoms with Crippen molar-refractivity contribution in [2.24, 2.45) is 0 Å². The summed E-state index contributed by atoms with van der Waals surface area (Å²) in [5.74, 6) is 0.906. The first-order chi connectivity index (χ1) is 9.61. The fraction of sp³-hybridized carbons (Fsp3) is 0.214. The summed E-state index contributed by atoms with van der Waals surface area (Å²) in [5, 5.41) is 6.05. The van der Waals surface area contributed by atoms with E-state index < -0.39 is 0 Å². The molecule has 6 nitrogen and oxygen atoms in total. The van der Waals surface area contributed by atoms with Crippen LogP contribution in [-0.4, -0.2) is 19.6 Å². The molecule has 0 atom stereocenters. The zero-order valence-corrected chi connectivity index (χ0v) is 11.3. The molecule has 0 radical (unpaired) electrons. The molecule has 2 N–H and O–H groups in total. The smallest absolute Gasteiger partial charge is 0.274 e. The summed E-state index contributed by atoms with van der Waals surface area (Å²) < 4.78 is 1.32. The van der Waals surface area contributed by atoms with Crippen LogP contribution < -0.4 is 10.9 Å². The zero-order chi connectivity index (χ0) is 14.1. The van der Waals surface area contributed by atoms with Gasteiger partial charge >= 0.3 is 0 Å². The molecule has 102 valence electrons. The molecular formula is C14H15N5O. The number of aromatic nitrogens is 4. The van der Waals surface area contributed by atoms with E-state index in [-0.39, 0.29) is 5.56 Å². The number of aryl methyl sites for hydroxylation is 2. The minimum atomic E-state index is -0.163. The number of fused-ring (bicyclic) bond motifs is 1. The van der Waals surface area contributed by atoms with Crippen LogP contribution in [0, 0.1) is 13.8 Å². The van der Waals surface area contributed by atoms with E-state index in [1.807, 2.05) is 12.1 Å². The third kappa shape index (κ3) is 2.40. The molecule has 0 saturated carbocycles. The van der Waals surface area contributed by atoms with E-state index in [9.17, 15) is 4.79 Å². The van der Waals surface area contributed by atoms with Crippen molar-refractivity contribution in [1.29, 1.82) is 0 Å². The fourth-order valence-corrected chi connectivity index (χ4v) is 2.08.